The summed E-state index contributed by atoms with van der Waals surface area (Å²) in [6, 6.07) is 6.95. The molecule has 2 N–H and O–H groups in total. The maximum absolute atomic E-state index is 13.0. The van der Waals surface area contributed by atoms with Crippen molar-refractivity contribution in [1.29, 1.82) is 0 Å². The van der Waals surface area contributed by atoms with E-state index in [0.717, 1.165) is 18.3 Å². The van der Waals surface area contributed by atoms with Crippen LogP contribution >= 0.6 is 0 Å². The molecule has 4 heterocycles. The van der Waals surface area contributed by atoms with Gasteiger partial charge in [0.15, 0.2) is 5.82 Å². The Labute approximate surface area is 164 Å². The van der Waals surface area contributed by atoms with Gasteiger partial charge in [0.05, 0.1) is 5.39 Å². The molecule has 0 fully saturated rings. The van der Waals surface area contributed by atoms with Gasteiger partial charge in [-0.05, 0) is 30.3 Å². The molecule has 0 aliphatic heterocycles. The van der Waals surface area contributed by atoms with Gasteiger partial charge in [-0.1, -0.05) is 6.07 Å². The second-order valence-corrected chi connectivity index (χ2v) is 6.09. The second-order valence-electron chi connectivity index (χ2n) is 6.09. The zero-order valence-electron chi connectivity index (χ0n) is 14.7. The Bertz CT molecular complexity index is 1210. The molecule has 0 aliphatic carbocycles. The summed E-state index contributed by atoms with van der Waals surface area (Å²) in [5, 5.41) is 3.17. The van der Waals surface area contributed by atoms with Crippen LogP contribution in [0.15, 0.2) is 48.8 Å². The predicted molar refractivity (Wildman–Crippen MR) is 94.6 cm³/mol. The number of pyridine rings is 2. The van der Waals surface area contributed by atoms with E-state index < -0.39 is 23.7 Å². The molecule has 4 aromatic rings. The fourth-order valence-electron chi connectivity index (χ4n) is 2.67. The minimum atomic E-state index is -4.65. The molecule has 0 unspecified atom stereocenters. The van der Waals surface area contributed by atoms with E-state index in [0.29, 0.717) is 5.39 Å². The van der Waals surface area contributed by atoms with Crippen LogP contribution in [0.5, 0.6) is 0 Å². The molecular formula is C18H10F6N6. The van der Waals surface area contributed by atoms with Gasteiger partial charge in [0, 0.05) is 18.1 Å². The third kappa shape index (κ3) is 3.88. The van der Waals surface area contributed by atoms with Crippen molar-refractivity contribution < 1.29 is 26.3 Å². The van der Waals surface area contributed by atoms with E-state index in [1.54, 1.807) is 6.07 Å². The van der Waals surface area contributed by atoms with Gasteiger partial charge in [-0.25, -0.2) is 15.0 Å². The highest BCUT2D eigenvalue weighted by molar-refractivity contribution is 5.90. The number of nitrogens with one attached hydrogen (secondary N) is 2. The first-order valence-corrected chi connectivity index (χ1v) is 8.31. The summed E-state index contributed by atoms with van der Waals surface area (Å²) in [6.45, 7) is 0. The van der Waals surface area contributed by atoms with Crippen molar-refractivity contribution in [3.8, 4) is 11.5 Å². The van der Waals surface area contributed by atoms with Gasteiger partial charge in [0.2, 0.25) is 0 Å². The van der Waals surface area contributed by atoms with E-state index in [1.165, 1.54) is 24.4 Å². The molecular weight excluding hydrogens is 414 g/mol. The Morgan fingerprint density at radius 1 is 0.833 bits per heavy atom. The van der Waals surface area contributed by atoms with Crippen LogP contribution < -0.4 is 5.32 Å². The maximum atomic E-state index is 13.0. The van der Waals surface area contributed by atoms with E-state index in [-0.39, 0.29) is 28.7 Å². The highest BCUT2D eigenvalue weighted by Gasteiger charge is 2.33. The first kappa shape index (κ1) is 19.6. The van der Waals surface area contributed by atoms with E-state index in [1.807, 2.05) is 0 Å². The number of aromatic nitrogens is 5. The zero-order chi connectivity index (χ0) is 21.5. The Kier molecular flexibility index (Phi) is 4.56. The van der Waals surface area contributed by atoms with E-state index >= 15 is 0 Å². The summed E-state index contributed by atoms with van der Waals surface area (Å²) in [4.78, 5) is 18.0. The third-order valence-electron chi connectivity index (χ3n) is 4.00. The number of anilines is 2. The fraction of sp³-hybridized carbons (Fsp3) is 0.111. The molecule has 4 aromatic heterocycles. The Morgan fingerprint density at radius 2 is 1.60 bits per heavy atom. The van der Waals surface area contributed by atoms with E-state index in [4.69, 9.17) is 0 Å². The summed E-state index contributed by atoms with van der Waals surface area (Å²) in [5.74, 6) is -0.0431. The molecule has 0 amide bonds. The molecule has 12 heteroatoms. The van der Waals surface area contributed by atoms with Crippen LogP contribution in [0.25, 0.3) is 22.6 Å². The maximum Gasteiger partial charge on any atom is 0.433 e. The van der Waals surface area contributed by atoms with Gasteiger partial charge >= 0.3 is 12.4 Å². The van der Waals surface area contributed by atoms with Crippen molar-refractivity contribution >= 4 is 22.5 Å². The van der Waals surface area contributed by atoms with Crippen LogP contribution in [0.4, 0.5) is 37.8 Å². The molecule has 0 aliphatic rings. The number of rotatable bonds is 3. The topological polar surface area (TPSA) is 79.4 Å². The Morgan fingerprint density at radius 3 is 2.33 bits per heavy atom. The minimum absolute atomic E-state index is 0.0430. The van der Waals surface area contributed by atoms with E-state index in [2.05, 4.69) is 30.2 Å². The number of aromatic amines is 1. The molecule has 4 rings (SSSR count). The lowest BCUT2D eigenvalue weighted by Gasteiger charge is -2.11. The Hall–Kier alpha value is -3.70. The van der Waals surface area contributed by atoms with Gasteiger partial charge in [-0.15, -0.1) is 0 Å². The van der Waals surface area contributed by atoms with Gasteiger partial charge in [-0.3, -0.25) is 4.98 Å². The van der Waals surface area contributed by atoms with Gasteiger partial charge < -0.3 is 10.3 Å². The van der Waals surface area contributed by atoms with Crippen LogP contribution in [0.3, 0.4) is 0 Å². The molecule has 0 spiro atoms. The van der Waals surface area contributed by atoms with Crippen molar-refractivity contribution in [2.45, 2.75) is 12.4 Å². The SMILES string of the molecule is FC(F)(F)c1cc(Nc2nc(-c3cccc(C(F)(F)F)n3)nc3[nH]ccc23)ccn1. The fourth-order valence-corrected chi connectivity index (χ4v) is 2.67. The zero-order valence-corrected chi connectivity index (χ0v) is 14.7. The summed E-state index contributed by atoms with van der Waals surface area (Å²) < 4.78 is 77.6. The standard InChI is InChI=1S/C18H10F6N6/c19-17(20,21)12-3-1-2-11(28-12)16-29-14-10(5-7-26-14)15(30-16)27-9-4-6-25-13(8-9)18(22,23)24/h1-8H,(H2,25,26,27,29,30). The lowest BCUT2D eigenvalue weighted by molar-refractivity contribution is -0.141. The summed E-state index contributed by atoms with van der Waals surface area (Å²) in [7, 11) is 0. The van der Waals surface area contributed by atoms with Gasteiger partial charge in [0.25, 0.3) is 0 Å². The van der Waals surface area contributed by atoms with Crippen molar-refractivity contribution in [3.63, 3.8) is 0 Å². The second kappa shape index (κ2) is 6.97. The number of hydrogen-bond donors (Lipinski definition) is 2. The van der Waals surface area contributed by atoms with E-state index in [9.17, 15) is 26.3 Å². The third-order valence-corrected chi connectivity index (χ3v) is 4.00. The van der Waals surface area contributed by atoms with Crippen molar-refractivity contribution in [2.75, 3.05) is 5.32 Å². The number of H-pyrrole nitrogens is 1. The van der Waals surface area contributed by atoms with Crippen LogP contribution in [0.2, 0.25) is 0 Å². The van der Waals surface area contributed by atoms with Crippen LogP contribution in [0.1, 0.15) is 11.4 Å². The summed E-state index contributed by atoms with van der Waals surface area (Å²) >= 11 is 0. The lowest BCUT2D eigenvalue weighted by atomic mass is 10.2. The number of nitrogens with zero attached hydrogens (tertiary/aromatic N) is 4. The predicted octanol–water partition coefficient (Wildman–Crippen LogP) is 5.20. The normalized spacial score (nSPS) is 12.3. The molecule has 0 aromatic carbocycles. The van der Waals surface area contributed by atoms with Crippen LogP contribution in [-0.2, 0) is 12.4 Å². The van der Waals surface area contributed by atoms with Crippen molar-refractivity contribution in [1.82, 2.24) is 24.9 Å². The quantitative estimate of drug-likeness (QED) is 0.442. The summed E-state index contributed by atoms with van der Waals surface area (Å²) in [6.07, 6.45) is -6.80. The number of fused-ring (bicyclic) bond motifs is 1. The van der Waals surface area contributed by atoms with Gasteiger partial charge in [0.1, 0.15) is 28.5 Å². The lowest BCUT2D eigenvalue weighted by Crippen LogP contribution is -2.09. The molecule has 0 saturated carbocycles. The molecule has 154 valence electrons. The summed E-state index contributed by atoms with van der Waals surface area (Å²) in [5.41, 5.74) is -2.05. The Balaban J connectivity index is 1.78. The molecule has 6 nitrogen and oxygen atoms in total. The van der Waals surface area contributed by atoms with Crippen LogP contribution in [-0.4, -0.2) is 24.9 Å². The average molecular weight is 424 g/mol. The highest BCUT2D eigenvalue weighted by Crippen LogP contribution is 2.32. The van der Waals surface area contributed by atoms with Crippen molar-refractivity contribution in [2.24, 2.45) is 0 Å². The smallest absolute Gasteiger partial charge is 0.346 e. The van der Waals surface area contributed by atoms with Crippen molar-refractivity contribution in [3.05, 3.63) is 60.2 Å². The van der Waals surface area contributed by atoms with Crippen LogP contribution in [0, 0.1) is 0 Å². The number of alkyl halides is 6. The first-order valence-electron chi connectivity index (χ1n) is 8.31. The molecule has 0 atom stereocenters. The number of hydrogen-bond acceptors (Lipinski definition) is 5. The molecule has 30 heavy (non-hydrogen) atoms. The molecule has 0 radical (unpaired) electrons. The van der Waals surface area contributed by atoms with Gasteiger partial charge in [-0.2, -0.15) is 26.3 Å². The molecule has 0 bridgehead atoms. The average Bonchev–Trinajstić information content (AvgIpc) is 3.16. The molecule has 0 saturated heterocycles. The largest absolute Gasteiger partial charge is 0.433 e. The monoisotopic (exact) mass is 424 g/mol. The highest BCUT2D eigenvalue weighted by atomic mass is 19.4. The first-order chi connectivity index (χ1) is 14.1. The minimum Gasteiger partial charge on any atom is -0.346 e. The number of halogens is 6.